The molecule has 1 saturated heterocycles. The lowest BCUT2D eigenvalue weighted by Crippen LogP contribution is -2.61. The van der Waals surface area contributed by atoms with Crippen LogP contribution in [0.3, 0.4) is 0 Å². The summed E-state index contributed by atoms with van der Waals surface area (Å²) in [4.78, 5) is 24.3. The van der Waals surface area contributed by atoms with Crippen LogP contribution in [0.4, 0.5) is 0 Å². The van der Waals surface area contributed by atoms with Gasteiger partial charge < -0.3 is 49.3 Å². The fourth-order valence-corrected chi connectivity index (χ4v) is 3.60. The van der Waals surface area contributed by atoms with Crippen LogP contribution >= 0.6 is 0 Å². The van der Waals surface area contributed by atoms with Gasteiger partial charge in [-0.2, -0.15) is 0 Å². The number of aromatic hydroxyl groups is 2. The quantitative estimate of drug-likeness (QED) is 0.292. The molecule has 3 aromatic rings. The van der Waals surface area contributed by atoms with E-state index in [1.807, 2.05) is 0 Å². The molecule has 0 unspecified atom stereocenters. The number of hydrogen-bond donors (Lipinski definition) is 6. The third kappa shape index (κ3) is 3.99. The Balaban J connectivity index is 1.78. The van der Waals surface area contributed by atoms with Crippen molar-refractivity contribution in [1.29, 1.82) is 0 Å². The lowest BCUT2D eigenvalue weighted by atomic mass is 9.99. The Bertz CT molecular complexity index is 1280. The number of phenols is 2. The summed E-state index contributed by atoms with van der Waals surface area (Å²) in [5.41, 5.74) is -0.467. The number of methoxy groups -OCH3 is 1. The first-order chi connectivity index (χ1) is 16.1. The van der Waals surface area contributed by atoms with Crippen molar-refractivity contribution in [3.05, 3.63) is 46.6 Å². The van der Waals surface area contributed by atoms with Gasteiger partial charge in [0.05, 0.1) is 7.11 Å². The predicted molar refractivity (Wildman–Crippen MR) is 113 cm³/mol. The first kappa shape index (κ1) is 23.3. The van der Waals surface area contributed by atoms with E-state index in [0.29, 0.717) is 5.56 Å². The second kappa shape index (κ2) is 8.83. The molecule has 2 aromatic carbocycles. The van der Waals surface area contributed by atoms with Gasteiger partial charge in [0.2, 0.25) is 17.5 Å². The molecule has 0 radical (unpaired) electrons. The van der Waals surface area contributed by atoms with E-state index in [1.165, 1.54) is 37.4 Å². The summed E-state index contributed by atoms with van der Waals surface area (Å²) in [7, 11) is 1.25. The number of benzene rings is 2. The molecule has 34 heavy (non-hydrogen) atoms. The fourth-order valence-electron chi connectivity index (χ4n) is 3.60. The Kier molecular flexibility index (Phi) is 6.06. The molecule has 0 bridgehead atoms. The van der Waals surface area contributed by atoms with Crippen LogP contribution in [0, 0.1) is 0 Å². The van der Waals surface area contributed by atoms with Crippen LogP contribution in [0.15, 0.2) is 45.6 Å². The van der Waals surface area contributed by atoms with Crippen molar-refractivity contribution in [2.24, 2.45) is 0 Å². The average Bonchev–Trinajstić information content (AvgIpc) is 2.79. The van der Waals surface area contributed by atoms with Crippen LogP contribution in [0.25, 0.3) is 22.3 Å². The van der Waals surface area contributed by atoms with Crippen LogP contribution in [0.1, 0.15) is 0 Å². The summed E-state index contributed by atoms with van der Waals surface area (Å²) >= 11 is 0. The van der Waals surface area contributed by atoms with Gasteiger partial charge in [0.1, 0.15) is 46.5 Å². The number of aliphatic hydroxyl groups is 3. The van der Waals surface area contributed by atoms with Crippen LogP contribution in [-0.4, -0.2) is 74.4 Å². The van der Waals surface area contributed by atoms with E-state index in [0.717, 1.165) is 6.07 Å². The van der Waals surface area contributed by atoms with Gasteiger partial charge in [-0.15, -0.1) is 0 Å². The minimum Gasteiger partial charge on any atom is -0.508 e. The number of hydrogen-bond acceptors (Lipinski definition) is 11. The van der Waals surface area contributed by atoms with Gasteiger partial charge in [-0.25, -0.2) is 4.79 Å². The molecule has 0 saturated carbocycles. The number of phenolic OH excluding ortho intramolecular Hbond substituents is 2. The van der Waals surface area contributed by atoms with E-state index in [-0.39, 0.29) is 34.0 Å². The molecule has 12 heteroatoms. The Hall–Kier alpha value is -3.84. The van der Waals surface area contributed by atoms with Gasteiger partial charge in [0.15, 0.2) is 11.9 Å². The molecule has 12 nitrogen and oxygen atoms in total. The minimum atomic E-state index is -1.91. The Labute approximate surface area is 190 Å². The number of fused-ring (bicyclic) bond motifs is 1. The van der Waals surface area contributed by atoms with Gasteiger partial charge >= 0.3 is 5.97 Å². The van der Waals surface area contributed by atoms with Crippen molar-refractivity contribution in [2.75, 3.05) is 7.11 Å². The molecule has 180 valence electrons. The molecule has 4 rings (SSSR count). The standard InChI is InChI=1S/C22H20O12/c1-31-19-14(25)13-11(24)6-10(7-12(13)33-18(19)8-2-4-9(23)5-3-8)32-22-17(28)15(26)16(27)20(34-22)21(29)30/h2-7,15-17,20,22-24,26-28H,1H3,(H,29,30)/t15-,16-,17-,20+,22+/m1/s1. The van der Waals surface area contributed by atoms with Gasteiger partial charge in [-0.3, -0.25) is 4.79 Å². The van der Waals surface area contributed by atoms with Crippen LogP contribution in [0.5, 0.6) is 23.0 Å². The number of carbonyl (C=O) groups is 1. The Morgan fingerprint density at radius 3 is 2.29 bits per heavy atom. The highest BCUT2D eigenvalue weighted by atomic mass is 16.7. The average molecular weight is 476 g/mol. The summed E-state index contributed by atoms with van der Waals surface area (Å²) in [5, 5.41) is 58.8. The summed E-state index contributed by atoms with van der Waals surface area (Å²) in [6.07, 6.45) is -9.26. The summed E-state index contributed by atoms with van der Waals surface area (Å²) in [6, 6.07) is 7.89. The predicted octanol–water partition coefficient (Wildman–Crippen LogP) is 0.151. The Morgan fingerprint density at radius 1 is 1.00 bits per heavy atom. The number of aliphatic hydroxyl groups excluding tert-OH is 3. The highest BCUT2D eigenvalue weighted by molar-refractivity contribution is 5.88. The van der Waals surface area contributed by atoms with E-state index < -0.39 is 47.9 Å². The van der Waals surface area contributed by atoms with Crippen molar-refractivity contribution in [3.8, 4) is 34.3 Å². The number of rotatable bonds is 5. The molecule has 0 aliphatic carbocycles. The molecule has 0 amide bonds. The van der Waals surface area contributed by atoms with Crippen LogP contribution in [0.2, 0.25) is 0 Å². The molecule has 2 heterocycles. The van der Waals surface area contributed by atoms with E-state index in [9.17, 15) is 35.1 Å². The molecule has 6 N–H and O–H groups in total. The lowest BCUT2D eigenvalue weighted by molar-refractivity contribution is -0.271. The maximum Gasteiger partial charge on any atom is 0.335 e. The number of aliphatic carboxylic acids is 1. The highest BCUT2D eigenvalue weighted by Crippen LogP contribution is 2.37. The van der Waals surface area contributed by atoms with Gasteiger partial charge in [-0.1, -0.05) is 0 Å². The van der Waals surface area contributed by atoms with E-state index in [4.69, 9.17) is 23.7 Å². The zero-order valence-corrected chi connectivity index (χ0v) is 17.5. The zero-order chi connectivity index (χ0) is 24.7. The molecule has 1 aromatic heterocycles. The molecule has 1 aliphatic heterocycles. The molecular weight excluding hydrogens is 456 g/mol. The summed E-state index contributed by atoms with van der Waals surface area (Å²) in [6.45, 7) is 0. The third-order valence-corrected chi connectivity index (χ3v) is 5.31. The van der Waals surface area contributed by atoms with Crippen molar-refractivity contribution in [1.82, 2.24) is 0 Å². The van der Waals surface area contributed by atoms with Crippen molar-refractivity contribution < 1.29 is 54.1 Å². The topological polar surface area (TPSA) is 196 Å². The first-order valence-electron chi connectivity index (χ1n) is 9.88. The normalized spacial score (nSPS) is 24.6. The van der Waals surface area contributed by atoms with E-state index >= 15 is 0 Å². The first-order valence-corrected chi connectivity index (χ1v) is 9.88. The highest BCUT2D eigenvalue weighted by Gasteiger charge is 2.48. The van der Waals surface area contributed by atoms with Crippen LogP contribution < -0.4 is 14.9 Å². The summed E-state index contributed by atoms with van der Waals surface area (Å²) in [5.74, 6) is -2.59. The molecule has 1 aliphatic rings. The molecular formula is C22H20O12. The second-order valence-electron chi connectivity index (χ2n) is 7.51. The molecule has 0 spiro atoms. The van der Waals surface area contributed by atoms with Gasteiger partial charge in [0, 0.05) is 17.7 Å². The number of carboxylic acid groups (broad SMARTS) is 1. The maximum atomic E-state index is 13.0. The minimum absolute atomic E-state index is 0.00464. The van der Waals surface area contributed by atoms with Crippen molar-refractivity contribution >= 4 is 16.9 Å². The van der Waals surface area contributed by atoms with E-state index in [2.05, 4.69) is 0 Å². The number of ether oxygens (including phenoxy) is 3. The van der Waals surface area contributed by atoms with Gasteiger partial charge in [-0.05, 0) is 24.3 Å². The molecule has 5 atom stereocenters. The van der Waals surface area contributed by atoms with Gasteiger partial charge in [0.25, 0.3) is 0 Å². The largest absolute Gasteiger partial charge is 0.508 e. The number of carboxylic acids is 1. The smallest absolute Gasteiger partial charge is 0.335 e. The lowest BCUT2D eigenvalue weighted by Gasteiger charge is -2.38. The van der Waals surface area contributed by atoms with E-state index in [1.54, 1.807) is 0 Å². The third-order valence-electron chi connectivity index (χ3n) is 5.31. The van der Waals surface area contributed by atoms with Crippen molar-refractivity contribution in [3.63, 3.8) is 0 Å². The van der Waals surface area contributed by atoms with Crippen LogP contribution in [-0.2, 0) is 9.53 Å². The fraction of sp³-hybridized carbons (Fsp3) is 0.273. The Morgan fingerprint density at radius 2 is 1.68 bits per heavy atom. The summed E-state index contributed by atoms with van der Waals surface area (Å²) < 4.78 is 21.5. The molecule has 1 fully saturated rings. The van der Waals surface area contributed by atoms with Crippen molar-refractivity contribution in [2.45, 2.75) is 30.7 Å². The zero-order valence-electron chi connectivity index (χ0n) is 17.5. The second-order valence-corrected chi connectivity index (χ2v) is 7.51. The SMILES string of the molecule is COc1c(-c2ccc(O)cc2)oc2cc(O[C@H]3O[C@H](C(=O)O)[C@H](O)[C@@H](O)[C@H]3O)cc(O)c2c1=O. The maximum absolute atomic E-state index is 13.0. The monoisotopic (exact) mass is 476 g/mol.